The molecular weight excluding hydrogens is 323 g/mol. The van der Waals surface area contributed by atoms with Crippen molar-refractivity contribution in [2.45, 2.75) is 13.3 Å². The highest BCUT2D eigenvalue weighted by Gasteiger charge is 2.08. The van der Waals surface area contributed by atoms with Crippen molar-refractivity contribution in [2.24, 2.45) is 0 Å². The zero-order chi connectivity index (χ0) is 15.9. The van der Waals surface area contributed by atoms with Gasteiger partial charge in [-0.15, -0.1) is 0 Å². The van der Waals surface area contributed by atoms with Crippen LogP contribution in [-0.2, 0) is 0 Å². The molecule has 0 bridgehead atoms. The number of hydrogen-bond donors (Lipinski definition) is 0. The molecule has 0 aromatic heterocycles. The molecule has 0 aliphatic carbocycles. The molecule has 2 aromatic rings. The Hall–Kier alpha value is -1.58. The monoisotopic (exact) mass is 340 g/mol. The zero-order valence-electron chi connectivity index (χ0n) is 12.6. The molecule has 5 heteroatoms. The van der Waals surface area contributed by atoms with Crippen LogP contribution in [0.4, 0.5) is 0 Å². The molecule has 22 heavy (non-hydrogen) atoms. The highest BCUT2D eigenvalue weighted by Crippen LogP contribution is 2.34. The van der Waals surface area contributed by atoms with Crippen molar-refractivity contribution in [2.75, 3.05) is 20.3 Å². The van der Waals surface area contributed by atoms with Crippen molar-refractivity contribution < 1.29 is 14.2 Å². The van der Waals surface area contributed by atoms with Gasteiger partial charge in [0.15, 0.2) is 5.75 Å². The van der Waals surface area contributed by atoms with E-state index < -0.39 is 0 Å². The van der Waals surface area contributed by atoms with Gasteiger partial charge in [0.2, 0.25) is 0 Å². The van der Waals surface area contributed by atoms with Gasteiger partial charge in [-0.25, -0.2) is 0 Å². The Morgan fingerprint density at radius 2 is 1.41 bits per heavy atom. The molecule has 0 atom stereocenters. The SMILES string of the molecule is COc1ccc(OCCCOc2c(Cl)cc(C)cc2Cl)cc1. The van der Waals surface area contributed by atoms with E-state index in [2.05, 4.69) is 0 Å². The highest BCUT2D eigenvalue weighted by atomic mass is 35.5. The second-order valence-electron chi connectivity index (χ2n) is 4.78. The molecule has 0 heterocycles. The number of methoxy groups -OCH3 is 1. The predicted molar refractivity (Wildman–Crippen MR) is 89.8 cm³/mol. The van der Waals surface area contributed by atoms with E-state index in [1.165, 1.54) is 0 Å². The first-order valence-corrected chi connectivity index (χ1v) is 7.71. The van der Waals surface area contributed by atoms with Crippen LogP contribution in [-0.4, -0.2) is 20.3 Å². The Labute approximate surface area is 140 Å². The number of benzene rings is 2. The summed E-state index contributed by atoms with van der Waals surface area (Å²) in [6.07, 6.45) is 0.729. The minimum Gasteiger partial charge on any atom is -0.497 e. The van der Waals surface area contributed by atoms with Crippen LogP contribution < -0.4 is 14.2 Å². The lowest BCUT2D eigenvalue weighted by Crippen LogP contribution is -2.05. The summed E-state index contributed by atoms with van der Waals surface area (Å²) in [5.74, 6) is 2.13. The second-order valence-corrected chi connectivity index (χ2v) is 5.60. The normalized spacial score (nSPS) is 10.4. The molecule has 0 fully saturated rings. The maximum atomic E-state index is 6.12. The Balaban J connectivity index is 1.75. The summed E-state index contributed by atoms with van der Waals surface area (Å²) in [5, 5.41) is 1.06. The van der Waals surface area contributed by atoms with E-state index in [-0.39, 0.29) is 0 Å². The molecule has 0 N–H and O–H groups in total. The van der Waals surface area contributed by atoms with Gasteiger partial charge in [0.1, 0.15) is 11.5 Å². The number of halogens is 2. The Bertz CT molecular complexity index is 589. The van der Waals surface area contributed by atoms with E-state index in [1.54, 1.807) is 7.11 Å². The fourth-order valence-corrected chi connectivity index (χ4v) is 2.62. The van der Waals surface area contributed by atoms with Gasteiger partial charge < -0.3 is 14.2 Å². The third kappa shape index (κ3) is 4.72. The van der Waals surface area contributed by atoms with Crippen molar-refractivity contribution in [1.82, 2.24) is 0 Å². The molecular formula is C17H18Cl2O3. The Kier molecular flexibility index (Phi) is 6.22. The second kappa shape index (κ2) is 8.16. The lowest BCUT2D eigenvalue weighted by molar-refractivity contribution is 0.247. The van der Waals surface area contributed by atoms with Gasteiger partial charge in [-0.2, -0.15) is 0 Å². The third-order valence-electron chi connectivity index (χ3n) is 3.01. The van der Waals surface area contributed by atoms with Crippen molar-refractivity contribution in [3.8, 4) is 17.2 Å². The zero-order valence-corrected chi connectivity index (χ0v) is 14.1. The summed E-state index contributed by atoms with van der Waals surface area (Å²) in [6.45, 7) is 2.97. The van der Waals surface area contributed by atoms with Crippen molar-refractivity contribution in [1.29, 1.82) is 0 Å². The third-order valence-corrected chi connectivity index (χ3v) is 3.57. The first-order chi connectivity index (χ1) is 10.6. The number of hydrogen-bond acceptors (Lipinski definition) is 3. The van der Waals surface area contributed by atoms with Crippen molar-refractivity contribution in [3.05, 3.63) is 52.0 Å². The number of ether oxygens (including phenoxy) is 3. The van der Waals surface area contributed by atoms with Gasteiger partial charge in [-0.3, -0.25) is 0 Å². The van der Waals surface area contributed by atoms with E-state index in [4.69, 9.17) is 37.4 Å². The lowest BCUT2D eigenvalue weighted by Gasteiger charge is -2.11. The van der Waals surface area contributed by atoms with Crippen LogP contribution in [0.5, 0.6) is 17.2 Å². The maximum absolute atomic E-state index is 6.12. The summed E-state index contributed by atoms with van der Waals surface area (Å²) in [6, 6.07) is 11.1. The molecule has 3 nitrogen and oxygen atoms in total. The lowest BCUT2D eigenvalue weighted by atomic mass is 10.2. The summed E-state index contributed by atoms with van der Waals surface area (Å²) in [5.41, 5.74) is 1.00. The molecule has 0 aliphatic heterocycles. The molecule has 2 aromatic carbocycles. The summed E-state index contributed by atoms with van der Waals surface area (Å²) < 4.78 is 16.3. The molecule has 0 radical (unpaired) electrons. The average molecular weight is 341 g/mol. The summed E-state index contributed by atoms with van der Waals surface area (Å²) >= 11 is 12.2. The molecule has 0 saturated heterocycles. The summed E-state index contributed by atoms with van der Waals surface area (Å²) in [4.78, 5) is 0. The fourth-order valence-electron chi connectivity index (χ4n) is 1.92. The number of rotatable bonds is 7. The first kappa shape index (κ1) is 16.8. The van der Waals surface area contributed by atoms with E-state index in [0.717, 1.165) is 23.5 Å². The van der Waals surface area contributed by atoms with Gasteiger partial charge in [-0.05, 0) is 48.9 Å². The number of aryl methyl sites for hydroxylation is 1. The van der Waals surface area contributed by atoms with Crippen LogP contribution in [0.25, 0.3) is 0 Å². The first-order valence-electron chi connectivity index (χ1n) is 6.95. The minimum atomic E-state index is 0.485. The predicted octanol–water partition coefficient (Wildman–Crippen LogP) is 5.16. The van der Waals surface area contributed by atoms with E-state index in [0.29, 0.717) is 29.0 Å². The maximum Gasteiger partial charge on any atom is 0.156 e. The molecule has 0 saturated carbocycles. The van der Waals surface area contributed by atoms with Crippen LogP contribution in [0.15, 0.2) is 36.4 Å². The van der Waals surface area contributed by atoms with Crippen LogP contribution in [0.3, 0.4) is 0 Å². The van der Waals surface area contributed by atoms with Gasteiger partial charge in [0, 0.05) is 6.42 Å². The van der Waals surface area contributed by atoms with E-state index in [9.17, 15) is 0 Å². The minimum absolute atomic E-state index is 0.485. The Morgan fingerprint density at radius 3 is 2.00 bits per heavy atom. The summed E-state index contributed by atoms with van der Waals surface area (Å²) in [7, 11) is 1.63. The van der Waals surface area contributed by atoms with Crippen LogP contribution in [0.1, 0.15) is 12.0 Å². The highest BCUT2D eigenvalue weighted by molar-refractivity contribution is 6.37. The van der Waals surface area contributed by atoms with Gasteiger partial charge in [0.05, 0.1) is 30.4 Å². The molecule has 2 rings (SSSR count). The Morgan fingerprint density at radius 1 is 0.864 bits per heavy atom. The van der Waals surface area contributed by atoms with E-state index >= 15 is 0 Å². The van der Waals surface area contributed by atoms with Gasteiger partial charge in [-0.1, -0.05) is 23.2 Å². The standard InChI is InChI=1S/C17H18Cl2O3/c1-12-10-15(18)17(16(19)11-12)22-9-3-8-21-14-6-4-13(20-2)5-7-14/h4-7,10-11H,3,8-9H2,1-2H3. The van der Waals surface area contributed by atoms with Crippen molar-refractivity contribution in [3.63, 3.8) is 0 Å². The van der Waals surface area contributed by atoms with Gasteiger partial charge in [0.25, 0.3) is 0 Å². The topological polar surface area (TPSA) is 27.7 Å². The fraction of sp³-hybridized carbons (Fsp3) is 0.294. The van der Waals surface area contributed by atoms with Crippen molar-refractivity contribution >= 4 is 23.2 Å². The van der Waals surface area contributed by atoms with Crippen LogP contribution in [0, 0.1) is 6.92 Å². The van der Waals surface area contributed by atoms with Gasteiger partial charge >= 0.3 is 0 Å². The molecule has 0 aliphatic rings. The molecule has 0 unspecified atom stereocenters. The van der Waals surface area contributed by atoms with Crippen LogP contribution in [0.2, 0.25) is 10.0 Å². The molecule has 118 valence electrons. The largest absolute Gasteiger partial charge is 0.497 e. The van der Waals surface area contributed by atoms with Crippen LogP contribution >= 0.6 is 23.2 Å². The average Bonchev–Trinajstić information content (AvgIpc) is 2.49. The quantitative estimate of drug-likeness (QED) is 0.651. The molecule has 0 spiro atoms. The molecule has 0 amide bonds. The smallest absolute Gasteiger partial charge is 0.156 e. The van der Waals surface area contributed by atoms with E-state index in [1.807, 2.05) is 43.3 Å².